The molecule has 0 nitrogen and oxygen atoms in total. The topological polar surface area (TPSA) is 0 Å². The number of halogens is 1. The van der Waals surface area contributed by atoms with Gasteiger partial charge in [-0.1, -0.05) is 40.2 Å². The van der Waals surface area contributed by atoms with Gasteiger partial charge in [0.2, 0.25) is 0 Å². The Kier molecular flexibility index (Phi) is 3.27. The Bertz CT molecular complexity index is 425. The molecule has 2 heteroatoms. The molecule has 2 aromatic rings. The van der Waals surface area contributed by atoms with E-state index in [1.54, 1.807) is 11.3 Å². The van der Waals surface area contributed by atoms with E-state index in [9.17, 15) is 0 Å². The zero-order valence-electron chi connectivity index (χ0n) is 8.83. The van der Waals surface area contributed by atoms with Crippen molar-refractivity contribution in [3.05, 3.63) is 57.3 Å². The molecule has 15 heavy (non-hydrogen) atoms. The van der Waals surface area contributed by atoms with E-state index in [-0.39, 0.29) is 0 Å². The molecule has 0 aliphatic rings. The standard InChI is InChI=1S/C13H13BrS/c1-9-5-3-6-10(2)12(9)13(14)11-7-4-8-15-11/h3-8,13H,1-2H3. The predicted molar refractivity (Wildman–Crippen MR) is 71.0 cm³/mol. The summed E-state index contributed by atoms with van der Waals surface area (Å²) in [6, 6.07) is 10.7. The van der Waals surface area contributed by atoms with E-state index in [0.29, 0.717) is 4.83 Å². The molecular weight excluding hydrogens is 268 g/mol. The first-order valence-corrected chi connectivity index (χ1v) is 6.73. The molecule has 1 aromatic carbocycles. The zero-order chi connectivity index (χ0) is 10.8. The van der Waals surface area contributed by atoms with Crippen LogP contribution in [0.15, 0.2) is 35.7 Å². The molecule has 0 radical (unpaired) electrons. The Labute approximate surface area is 103 Å². The summed E-state index contributed by atoms with van der Waals surface area (Å²) in [5.74, 6) is 0. The number of benzene rings is 1. The highest BCUT2D eigenvalue weighted by Gasteiger charge is 2.15. The summed E-state index contributed by atoms with van der Waals surface area (Å²) in [5, 5.41) is 2.12. The van der Waals surface area contributed by atoms with Crippen molar-refractivity contribution in [3.8, 4) is 0 Å². The van der Waals surface area contributed by atoms with E-state index in [4.69, 9.17) is 0 Å². The number of alkyl halides is 1. The number of aryl methyl sites for hydroxylation is 2. The van der Waals surface area contributed by atoms with Gasteiger partial charge in [-0.3, -0.25) is 0 Å². The summed E-state index contributed by atoms with van der Waals surface area (Å²) in [4.78, 5) is 1.70. The van der Waals surface area contributed by atoms with Crippen LogP contribution in [-0.4, -0.2) is 0 Å². The molecule has 1 aromatic heterocycles. The summed E-state index contributed by atoms with van der Waals surface area (Å²) >= 11 is 5.58. The average molecular weight is 281 g/mol. The quantitative estimate of drug-likeness (QED) is 0.690. The van der Waals surface area contributed by atoms with E-state index in [2.05, 4.69) is 65.5 Å². The van der Waals surface area contributed by atoms with Crippen LogP contribution in [0.25, 0.3) is 0 Å². The van der Waals surface area contributed by atoms with E-state index >= 15 is 0 Å². The van der Waals surface area contributed by atoms with Crippen LogP contribution in [0.4, 0.5) is 0 Å². The van der Waals surface area contributed by atoms with E-state index in [0.717, 1.165) is 0 Å². The van der Waals surface area contributed by atoms with Crippen molar-refractivity contribution in [3.63, 3.8) is 0 Å². The van der Waals surface area contributed by atoms with Gasteiger partial charge in [0.1, 0.15) is 0 Å². The Hall–Kier alpha value is -0.600. The van der Waals surface area contributed by atoms with Crippen LogP contribution < -0.4 is 0 Å². The number of rotatable bonds is 2. The summed E-state index contributed by atoms with van der Waals surface area (Å²) in [7, 11) is 0. The summed E-state index contributed by atoms with van der Waals surface area (Å²) in [6.45, 7) is 4.34. The molecule has 0 spiro atoms. The molecule has 0 amide bonds. The Balaban J connectivity index is 2.46. The molecule has 0 bridgehead atoms. The molecule has 1 unspecified atom stereocenters. The lowest BCUT2D eigenvalue weighted by Crippen LogP contribution is -1.96. The predicted octanol–water partition coefficient (Wildman–Crippen LogP) is 4.85. The zero-order valence-corrected chi connectivity index (χ0v) is 11.2. The molecule has 1 atom stereocenters. The van der Waals surface area contributed by atoms with Crippen LogP contribution in [0.3, 0.4) is 0 Å². The van der Waals surface area contributed by atoms with Crippen LogP contribution >= 0.6 is 27.3 Å². The lowest BCUT2D eigenvalue weighted by atomic mass is 9.99. The van der Waals surface area contributed by atoms with Gasteiger partial charge in [-0.2, -0.15) is 0 Å². The molecule has 0 saturated heterocycles. The van der Waals surface area contributed by atoms with Crippen LogP contribution in [0, 0.1) is 13.8 Å². The Morgan fingerprint density at radius 3 is 2.27 bits per heavy atom. The molecule has 78 valence electrons. The van der Waals surface area contributed by atoms with Crippen LogP contribution in [-0.2, 0) is 0 Å². The molecule has 0 aliphatic heterocycles. The molecule has 2 rings (SSSR count). The van der Waals surface area contributed by atoms with Gasteiger partial charge in [-0.05, 0) is 42.0 Å². The first-order valence-electron chi connectivity index (χ1n) is 4.93. The van der Waals surface area contributed by atoms with Crippen LogP contribution in [0.1, 0.15) is 26.4 Å². The maximum Gasteiger partial charge on any atom is 0.0743 e. The van der Waals surface area contributed by atoms with Gasteiger partial charge in [0.25, 0.3) is 0 Å². The molecule has 0 aliphatic carbocycles. The molecule has 0 saturated carbocycles. The summed E-state index contributed by atoms with van der Waals surface area (Å²) in [6.07, 6.45) is 0. The van der Waals surface area contributed by atoms with Crippen LogP contribution in [0.2, 0.25) is 0 Å². The van der Waals surface area contributed by atoms with Gasteiger partial charge in [-0.15, -0.1) is 11.3 Å². The van der Waals surface area contributed by atoms with E-state index < -0.39 is 0 Å². The number of hydrogen-bond donors (Lipinski definition) is 0. The maximum atomic E-state index is 3.79. The van der Waals surface area contributed by atoms with Gasteiger partial charge < -0.3 is 0 Å². The first-order chi connectivity index (χ1) is 7.20. The third-order valence-corrected chi connectivity index (χ3v) is 4.78. The third-order valence-electron chi connectivity index (χ3n) is 2.59. The molecule has 1 heterocycles. The molecule has 0 N–H and O–H groups in total. The number of thiophene rings is 1. The van der Waals surface area contributed by atoms with Crippen molar-refractivity contribution in [2.75, 3.05) is 0 Å². The minimum atomic E-state index is 0.332. The fourth-order valence-corrected chi connectivity index (χ4v) is 3.71. The van der Waals surface area contributed by atoms with Gasteiger partial charge in [-0.25, -0.2) is 0 Å². The highest BCUT2D eigenvalue weighted by atomic mass is 79.9. The fourth-order valence-electron chi connectivity index (χ4n) is 1.80. The van der Waals surface area contributed by atoms with Gasteiger partial charge >= 0.3 is 0 Å². The SMILES string of the molecule is Cc1cccc(C)c1C(Br)c1cccs1. The largest absolute Gasteiger partial charge is 0.147 e. The third kappa shape index (κ3) is 2.16. The monoisotopic (exact) mass is 280 g/mol. The second kappa shape index (κ2) is 4.50. The normalized spacial score (nSPS) is 12.7. The van der Waals surface area contributed by atoms with Crippen molar-refractivity contribution in [2.45, 2.75) is 18.7 Å². The minimum absolute atomic E-state index is 0.332. The Morgan fingerprint density at radius 1 is 1.07 bits per heavy atom. The lowest BCUT2D eigenvalue weighted by molar-refractivity contribution is 1.14. The fraction of sp³-hybridized carbons (Fsp3) is 0.231. The van der Waals surface area contributed by atoms with Crippen molar-refractivity contribution < 1.29 is 0 Å². The van der Waals surface area contributed by atoms with Crippen molar-refractivity contribution in [1.82, 2.24) is 0 Å². The smallest absolute Gasteiger partial charge is 0.0743 e. The number of hydrogen-bond acceptors (Lipinski definition) is 1. The Morgan fingerprint density at radius 2 is 1.73 bits per heavy atom. The van der Waals surface area contributed by atoms with Crippen molar-refractivity contribution >= 4 is 27.3 Å². The summed E-state index contributed by atoms with van der Waals surface area (Å²) in [5.41, 5.74) is 4.11. The van der Waals surface area contributed by atoms with Gasteiger partial charge in [0, 0.05) is 4.88 Å². The second-order valence-corrected chi connectivity index (χ2v) is 5.58. The summed E-state index contributed by atoms with van der Waals surface area (Å²) < 4.78 is 0. The molecular formula is C13H13BrS. The highest BCUT2D eigenvalue weighted by Crippen LogP contribution is 2.36. The molecule has 0 fully saturated rings. The first kappa shape index (κ1) is 10.9. The van der Waals surface area contributed by atoms with Crippen LogP contribution in [0.5, 0.6) is 0 Å². The van der Waals surface area contributed by atoms with Gasteiger partial charge in [0.05, 0.1) is 4.83 Å². The minimum Gasteiger partial charge on any atom is -0.147 e. The lowest BCUT2D eigenvalue weighted by Gasteiger charge is -2.14. The average Bonchev–Trinajstić information content (AvgIpc) is 2.69. The second-order valence-electron chi connectivity index (χ2n) is 3.68. The van der Waals surface area contributed by atoms with Gasteiger partial charge in [0.15, 0.2) is 0 Å². The van der Waals surface area contributed by atoms with E-state index in [1.165, 1.54) is 21.6 Å². The van der Waals surface area contributed by atoms with E-state index in [1.807, 2.05) is 0 Å². The van der Waals surface area contributed by atoms with Crippen molar-refractivity contribution in [2.24, 2.45) is 0 Å². The van der Waals surface area contributed by atoms with Crippen molar-refractivity contribution in [1.29, 1.82) is 0 Å². The highest BCUT2D eigenvalue weighted by molar-refractivity contribution is 9.09. The maximum absolute atomic E-state index is 3.79.